The van der Waals surface area contributed by atoms with Crippen LogP contribution in [0.5, 0.6) is 0 Å². The Morgan fingerprint density at radius 1 is 1.70 bits per heavy atom. The molecule has 0 amide bonds. The van der Waals surface area contributed by atoms with Gasteiger partial charge in [-0.3, -0.25) is 4.79 Å². The van der Waals surface area contributed by atoms with Gasteiger partial charge in [0.2, 0.25) is 6.29 Å². The SMILES string of the molecule is CCCC1COC([C]=O)O1. The lowest BCUT2D eigenvalue weighted by Gasteiger charge is -2.03. The quantitative estimate of drug-likeness (QED) is 0.581. The van der Waals surface area contributed by atoms with Gasteiger partial charge in [0, 0.05) is 0 Å². The summed E-state index contributed by atoms with van der Waals surface area (Å²) in [5.74, 6) is 0. The van der Waals surface area contributed by atoms with Gasteiger partial charge in [-0.05, 0) is 6.42 Å². The summed E-state index contributed by atoms with van der Waals surface area (Å²) in [7, 11) is 0. The fraction of sp³-hybridized carbons (Fsp3) is 0.857. The Morgan fingerprint density at radius 2 is 2.50 bits per heavy atom. The zero-order valence-corrected chi connectivity index (χ0v) is 6.00. The maximum absolute atomic E-state index is 9.98. The van der Waals surface area contributed by atoms with Crippen LogP contribution in [-0.2, 0) is 14.3 Å². The molecule has 1 saturated heterocycles. The minimum absolute atomic E-state index is 0.108. The third-order valence-electron chi connectivity index (χ3n) is 1.46. The van der Waals surface area contributed by atoms with Gasteiger partial charge in [-0.25, -0.2) is 0 Å². The summed E-state index contributed by atoms with van der Waals surface area (Å²) in [6.07, 6.45) is 3.05. The number of hydrogen-bond donors (Lipinski definition) is 0. The third-order valence-corrected chi connectivity index (χ3v) is 1.46. The van der Waals surface area contributed by atoms with Crippen LogP contribution in [-0.4, -0.2) is 25.3 Å². The van der Waals surface area contributed by atoms with E-state index < -0.39 is 6.29 Å². The first-order chi connectivity index (χ1) is 4.86. The van der Waals surface area contributed by atoms with Crippen LogP contribution in [0.2, 0.25) is 0 Å². The van der Waals surface area contributed by atoms with Crippen LogP contribution in [0.15, 0.2) is 0 Å². The van der Waals surface area contributed by atoms with E-state index in [4.69, 9.17) is 9.47 Å². The van der Waals surface area contributed by atoms with Crippen LogP contribution in [0, 0.1) is 0 Å². The predicted molar refractivity (Wildman–Crippen MR) is 35.2 cm³/mol. The van der Waals surface area contributed by atoms with Crippen molar-refractivity contribution in [1.82, 2.24) is 0 Å². The Balaban J connectivity index is 2.21. The van der Waals surface area contributed by atoms with Gasteiger partial charge < -0.3 is 9.47 Å². The van der Waals surface area contributed by atoms with E-state index in [1.165, 1.54) is 0 Å². The maximum atomic E-state index is 9.98. The van der Waals surface area contributed by atoms with E-state index in [2.05, 4.69) is 6.92 Å². The van der Waals surface area contributed by atoms with Crippen LogP contribution in [0.4, 0.5) is 0 Å². The molecule has 1 fully saturated rings. The highest BCUT2D eigenvalue weighted by atomic mass is 16.7. The average molecular weight is 143 g/mol. The molecule has 0 aromatic rings. The molecular formula is C7H11O3. The largest absolute Gasteiger partial charge is 0.343 e. The first kappa shape index (κ1) is 7.69. The van der Waals surface area contributed by atoms with E-state index in [1.807, 2.05) is 0 Å². The smallest absolute Gasteiger partial charge is 0.259 e. The molecule has 2 atom stereocenters. The zero-order chi connectivity index (χ0) is 7.40. The number of rotatable bonds is 3. The fourth-order valence-electron chi connectivity index (χ4n) is 0.983. The van der Waals surface area contributed by atoms with Crippen LogP contribution >= 0.6 is 0 Å². The molecule has 0 N–H and O–H groups in total. The molecule has 0 aromatic heterocycles. The molecule has 1 radical (unpaired) electrons. The van der Waals surface area contributed by atoms with Gasteiger partial charge in [0.25, 0.3) is 6.29 Å². The minimum Gasteiger partial charge on any atom is -0.343 e. The van der Waals surface area contributed by atoms with Gasteiger partial charge >= 0.3 is 0 Å². The second kappa shape index (κ2) is 3.68. The monoisotopic (exact) mass is 143 g/mol. The van der Waals surface area contributed by atoms with Crippen molar-refractivity contribution in [3.05, 3.63) is 0 Å². The predicted octanol–water partition coefficient (Wildman–Crippen LogP) is 0.638. The molecule has 57 valence electrons. The normalized spacial score (nSPS) is 32.5. The van der Waals surface area contributed by atoms with Crippen molar-refractivity contribution in [3.8, 4) is 0 Å². The summed E-state index contributed by atoms with van der Waals surface area (Å²) in [5.41, 5.74) is 0. The van der Waals surface area contributed by atoms with E-state index in [1.54, 1.807) is 6.29 Å². The molecule has 0 aliphatic carbocycles. The molecule has 0 bridgehead atoms. The summed E-state index contributed by atoms with van der Waals surface area (Å²) in [6, 6.07) is 0. The molecule has 1 aliphatic rings. The van der Waals surface area contributed by atoms with Gasteiger partial charge in [0.15, 0.2) is 0 Å². The van der Waals surface area contributed by atoms with Crippen molar-refractivity contribution < 1.29 is 14.3 Å². The second-order valence-corrected chi connectivity index (χ2v) is 2.33. The molecule has 10 heavy (non-hydrogen) atoms. The minimum atomic E-state index is -0.725. The van der Waals surface area contributed by atoms with Crippen molar-refractivity contribution in [1.29, 1.82) is 0 Å². The van der Waals surface area contributed by atoms with E-state index in [0.717, 1.165) is 12.8 Å². The lowest BCUT2D eigenvalue weighted by molar-refractivity contribution is -0.00701. The molecule has 2 unspecified atom stereocenters. The highest BCUT2D eigenvalue weighted by molar-refractivity contribution is 5.55. The summed E-state index contributed by atoms with van der Waals surface area (Å²) < 4.78 is 10.0. The van der Waals surface area contributed by atoms with E-state index in [9.17, 15) is 4.79 Å². The number of carbonyl (C=O) groups excluding carboxylic acids is 1. The lowest BCUT2D eigenvalue weighted by atomic mass is 10.2. The molecular weight excluding hydrogens is 132 g/mol. The molecule has 1 rings (SSSR count). The van der Waals surface area contributed by atoms with Gasteiger partial charge in [-0.2, -0.15) is 0 Å². The Bertz CT molecular complexity index is 113. The first-order valence-corrected chi connectivity index (χ1v) is 3.51. The van der Waals surface area contributed by atoms with Crippen molar-refractivity contribution in [3.63, 3.8) is 0 Å². The zero-order valence-electron chi connectivity index (χ0n) is 6.00. The first-order valence-electron chi connectivity index (χ1n) is 3.51. The summed E-state index contributed by atoms with van der Waals surface area (Å²) >= 11 is 0. The molecule has 3 nitrogen and oxygen atoms in total. The van der Waals surface area contributed by atoms with E-state index in [-0.39, 0.29) is 6.10 Å². The third kappa shape index (κ3) is 1.78. The standard InChI is InChI=1S/C7H11O3/c1-2-3-6-5-9-7(4-8)10-6/h6-7H,2-3,5H2,1H3. The Kier molecular flexibility index (Phi) is 2.83. The summed E-state index contributed by atoms with van der Waals surface area (Å²) in [6.45, 7) is 2.61. The highest BCUT2D eigenvalue weighted by Crippen LogP contribution is 2.13. The highest BCUT2D eigenvalue weighted by Gasteiger charge is 2.24. The lowest BCUT2D eigenvalue weighted by Crippen LogP contribution is -2.12. The molecule has 3 heteroatoms. The van der Waals surface area contributed by atoms with Gasteiger partial charge in [-0.15, -0.1) is 0 Å². The van der Waals surface area contributed by atoms with E-state index >= 15 is 0 Å². The van der Waals surface area contributed by atoms with Crippen LogP contribution in [0.3, 0.4) is 0 Å². The van der Waals surface area contributed by atoms with Crippen molar-refractivity contribution in [2.45, 2.75) is 32.2 Å². The van der Waals surface area contributed by atoms with Gasteiger partial charge in [-0.1, -0.05) is 13.3 Å². The number of hydrogen-bond acceptors (Lipinski definition) is 3. The van der Waals surface area contributed by atoms with Crippen LogP contribution < -0.4 is 0 Å². The average Bonchev–Trinajstić information content (AvgIpc) is 2.37. The maximum Gasteiger partial charge on any atom is 0.259 e. The molecule has 1 aliphatic heterocycles. The second-order valence-electron chi connectivity index (χ2n) is 2.33. The molecule has 1 heterocycles. The summed E-state index contributed by atoms with van der Waals surface area (Å²) in [5, 5.41) is 0. The Labute approximate surface area is 60.3 Å². The van der Waals surface area contributed by atoms with Crippen molar-refractivity contribution >= 4 is 6.29 Å². The molecule has 0 saturated carbocycles. The van der Waals surface area contributed by atoms with Gasteiger partial charge in [0.1, 0.15) is 0 Å². The fourth-order valence-corrected chi connectivity index (χ4v) is 0.983. The molecule has 0 aromatic carbocycles. The Hall–Kier alpha value is -0.410. The Morgan fingerprint density at radius 3 is 3.00 bits per heavy atom. The van der Waals surface area contributed by atoms with Crippen LogP contribution in [0.1, 0.15) is 19.8 Å². The number of ether oxygens (including phenoxy) is 2. The molecule has 0 spiro atoms. The summed E-state index contributed by atoms with van der Waals surface area (Å²) in [4.78, 5) is 9.98. The van der Waals surface area contributed by atoms with Crippen LogP contribution in [0.25, 0.3) is 0 Å². The van der Waals surface area contributed by atoms with Crippen molar-refractivity contribution in [2.24, 2.45) is 0 Å². The topological polar surface area (TPSA) is 35.5 Å². The van der Waals surface area contributed by atoms with E-state index in [0.29, 0.717) is 6.61 Å². The van der Waals surface area contributed by atoms with Crippen molar-refractivity contribution in [2.75, 3.05) is 6.61 Å². The van der Waals surface area contributed by atoms with Gasteiger partial charge in [0.05, 0.1) is 12.7 Å².